The highest BCUT2D eigenvalue weighted by Crippen LogP contribution is 2.38. The molecule has 1 fully saturated rings. The lowest BCUT2D eigenvalue weighted by Gasteiger charge is -2.27. The molecular weight excluding hydrogens is 372 g/mol. The first-order chi connectivity index (χ1) is 14.1. The molecule has 0 radical (unpaired) electrons. The van der Waals surface area contributed by atoms with Gasteiger partial charge in [-0.2, -0.15) is 0 Å². The summed E-state index contributed by atoms with van der Waals surface area (Å²) >= 11 is 0. The van der Waals surface area contributed by atoms with E-state index in [0.29, 0.717) is 34.1 Å². The minimum atomic E-state index is -0.372. The van der Waals surface area contributed by atoms with Crippen LogP contribution < -0.4 is 19.5 Å². The monoisotopic (exact) mass is 398 g/mol. The molecule has 2 aromatic rings. The molecule has 7 heteroatoms. The molecule has 0 atom stereocenters. The molecule has 154 valence electrons. The molecule has 1 aliphatic rings. The van der Waals surface area contributed by atoms with E-state index in [-0.39, 0.29) is 11.8 Å². The largest absolute Gasteiger partial charge is 0.493 e. The van der Waals surface area contributed by atoms with E-state index in [1.165, 1.54) is 21.3 Å². The van der Waals surface area contributed by atoms with Crippen molar-refractivity contribution in [3.63, 3.8) is 0 Å². The van der Waals surface area contributed by atoms with E-state index < -0.39 is 0 Å². The highest BCUT2D eigenvalue weighted by molar-refractivity contribution is 6.09. The van der Waals surface area contributed by atoms with Crippen molar-refractivity contribution in [1.82, 2.24) is 4.90 Å². The van der Waals surface area contributed by atoms with E-state index in [0.717, 1.165) is 32.4 Å². The average Bonchev–Trinajstić information content (AvgIpc) is 2.78. The highest BCUT2D eigenvalue weighted by Gasteiger charge is 2.22. The first-order valence-corrected chi connectivity index (χ1v) is 9.58. The number of ether oxygens (including phenoxy) is 3. The molecule has 1 aliphatic heterocycles. The number of anilines is 1. The van der Waals surface area contributed by atoms with Gasteiger partial charge in [-0.05, 0) is 43.5 Å². The Morgan fingerprint density at radius 1 is 0.897 bits per heavy atom. The Kier molecular flexibility index (Phi) is 6.59. The Balaban J connectivity index is 1.87. The molecule has 0 aliphatic carbocycles. The van der Waals surface area contributed by atoms with Gasteiger partial charge in [0.25, 0.3) is 11.8 Å². The van der Waals surface area contributed by atoms with E-state index in [2.05, 4.69) is 5.32 Å². The van der Waals surface area contributed by atoms with E-state index in [4.69, 9.17) is 14.2 Å². The normalized spacial score (nSPS) is 13.6. The van der Waals surface area contributed by atoms with Crippen LogP contribution >= 0.6 is 0 Å². The van der Waals surface area contributed by atoms with Gasteiger partial charge in [0.2, 0.25) is 5.75 Å². The van der Waals surface area contributed by atoms with Gasteiger partial charge in [0, 0.05) is 18.7 Å². The molecule has 0 spiro atoms. The molecule has 1 N–H and O–H groups in total. The molecule has 1 heterocycles. The van der Waals surface area contributed by atoms with Crippen LogP contribution in [0.5, 0.6) is 17.2 Å². The number of methoxy groups -OCH3 is 3. The van der Waals surface area contributed by atoms with Gasteiger partial charge in [0.15, 0.2) is 11.5 Å². The van der Waals surface area contributed by atoms with Gasteiger partial charge in [0.05, 0.1) is 32.6 Å². The number of likely N-dealkylation sites (tertiary alicyclic amines) is 1. The smallest absolute Gasteiger partial charge is 0.255 e. The Morgan fingerprint density at radius 3 is 2.10 bits per heavy atom. The lowest BCUT2D eigenvalue weighted by atomic mass is 10.1. The number of carbonyl (C=O) groups excluding carboxylic acids is 2. The number of amides is 2. The summed E-state index contributed by atoms with van der Waals surface area (Å²) in [7, 11) is 4.49. The maximum absolute atomic E-state index is 12.9. The van der Waals surface area contributed by atoms with Gasteiger partial charge in [-0.25, -0.2) is 0 Å². The molecule has 0 aromatic heterocycles. The van der Waals surface area contributed by atoms with E-state index in [9.17, 15) is 9.59 Å². The number of carbonyl (C=O) groups is 2. The maximum atomic E-state index is 12.9. The predicted molar refractivity (Wildman–Crippen MR) is 110 cm³/mol. The second-order valence-electron chi connectivity index (χ2n) is 6.77. The first-order valence-electron chi connectivity index (χ1n) is 9.58. The van der Waals surface area contributed by atoms with Crippen LogP contribution in [0, 0.1) is 0 Å². The number of piperidine rings is 1. The zero-order valence-corrected chi connectivity index (χ0v) is 17.0. The number of para-hydroxylation sites is 1. The van der Waals surface area contributed by atoms with Crippen molar-refractivity contribution < 1.29 is 23.8 Å². The van der Waals surface area contributed by atoms with E-state index in [1.54, 1.807) is 36.4 Å². The van der Waals surface area contributed by atoms with Gasteiger partial charge >= 0.3 is 0 Å². The van der Waals surface area contributed by atoms with Gasteiger partial charge in [-0.15, -0.1) is 0 Å². The fourth-order valence-corrected chi connectivity index (χ4v) is 3.45. The van der Waals surface area contributed by atoms with E-state index >= 15 is 0 Å². The van der Waals surface area contributed by atoms with Crippen molar-refractivity contribution >= 4 is 17.5 Å². The van der Waals surface area contributed by atoms with Crippen molar-refractivity contribution in [3.05, 3.63) is 47.5 Å². The van der Waals surface area contributed by atoms with Crippen molar-refractivity contribution in [2.75, 3.05) is 39.7 Å². The van der Waals surface area contributed by atoms with Crippen LogP contribution in [0.2, 0.25) is 0 Å². The average molecular weight is 398 g/mol. The van der Waals surface area contributed by atoms with Gasteiger partial charge < -0.3 is 24.4 Å². The van der Waals surface area contributed by atoms with Crippen molar-refractivity contribution in [3.8, 4) is 17.2 Å². The lowest BCUT2D eigenvalue weighted by molar-refractivity contribution is 0.0725. The Morgan fingerprint density at radius 2 is 1.52 bits per heavy atom. The van der Waals surface area contributed by atoms with Gasteiger partial charge in [-0.3, -0.25) is 9.59 Å². The standard InChI is InChI=1S/C22H26N2O5/c1-27-18-13-15(14-19(28-2)20(18)29-3)21(25)23-17-10-6-5-9-16(17)22(26)24-11-7-4-8-12-24/h5-6,9-10,13-14H,4,7-8,11-12H2,1-3H3,(H,23,25). The second kappa shape index (κ2) is 9.32. The summed E-state index contributed by atoms with van der Waals surface area (Å²) in [6.45, 7) is 1.49. The SMILES string of the molecule is COc1cc(C(=O)Nc2ccccc2C(=O)N2CCCCC2)cc(OC)c1OC. The lowest BCUT2D eigenvalue weighted by Crippen LogP contribution is -2.36. The van der Waals surface area contributed by atoms with Crippen LogP contribution in [0.15, 0.2) is 36.4 Å². The number of nitrogens with zero attached hydrogens (tertiary/aromatic N) is 1. The van der Waals surface area contributed by atoms with E-state index in [1.807, 2.05) is 4.90 Å². The Hall–Kier alpha value is -3.22. The van der Waals surface area contributed by atoms with Crippen molar-refractivity contribution in [1.29, 1.82) is 0 Å². The molecule has 0 bridgehead atoms. The third-order valence-corrected chi connectivity index (χ3v) is 4.98. The number of benzene rings is 2. The molecule has 2 amide bonds. The summed E-state index contributed by atoms with van der Waals surface area (Å²) in [5.41, 5.74) is 1.29. The zero-order valence-electron chi connectivity index (χ0n) is 17.0. The Labute approximate surface area is 170 Å². The number of hydrogen-bond donors (Lipinski definition) is 1. The maximum Gasteiger partial charge on any atom is 0.255 e. The number of hydrogen-bond acceptors (Lipinski definition) is 5. The van der Waals surface area contributed by atoms with Crippen LogP contribution in [0.25, 0.3) is 0 Å². The summed E-state index contributed by atoms with van der Waals surface area (Å²) in [6.07, 6.45) is 3.15. The molecule has 2 aromatic carbocycles. The quantitative estimate of drug-likeness (QED) is 0.805. The van der Waals surface area contributed by atoms with Crippen LogP contribution in [0.3, 0.4) is 0 Å². The van der Waals surface area contributed by atoms with Crippen LogP contribution in [0.1, 0.15) is 40.0 Å². The number of rotatable bonds is 6. The number of nitrogens with one attached hydrogen (secondary N) is 1. The highest BCUT2D eigenvalue weighted by atomic mass is 16.5. The summed E-state index contributed by atoms with van der Waals surface area (Å²) in [4.78, 5) is 27.7. The zero-order chi connectivity index (χ0) is 20.8. The topological polar surface area (TPSA) is 77.1 Å². The minimum absolute atomic E-state index is 0.0644. The molecule has 0 saturated carbocycles. The summed E-state index contributed by atoms with van der Waals surface area (Å²) in [5.74, 6) is 0.741. The third kappa shape index (κ3) is 4.45. The van der Waals surface area contributed by atoms with Crippen LogP contribution in [0.4, 0.5) is 5.69 Å². The molecule has 7 nitrogen and oxygen atoms in total. The van der Waals surface area contributed by atoms with Gasteiger partial charge in [-0.1, -0.05) is 12.1 Å². The first kappa shape index (κ1) is 20.5. The predicted octanol–water partition coefficient (Wildman–Crippen LogP) is 3.59. The molecule has 0 unspecified atom stereocenters. The molecule has 29 heavy (non-hydrogen) atoms. The molecule has 1 saturated heterocycles. The fraction of sp³-hybridized carbons (Fsp3) is 0.364. The third-order valence-electron chi connectivity index (χ3n) is 4.98. The summed E-state index contributed by atoms with van der Waals surface area (Å²) < 4.78 is 15.9. The second-order valence-corrected chi connectivity index (χ2v) is 6.77. The Bertz CT molecular complexity index is 866. The molecular formula is C22H26N2O5. The minimum Gasteiger partial charge on any atom is -0.493 e. The summed E-state index contributed by atoms with van der Waals surface area (Å²) in [5, 5.41) is 2.85. The summed E-state index contributed by atoms with van der Waals surface area (Å²) in [6, 6.07) is 10.2. The van der Waals surface area contributed by atoms with Crippen LogP contribution in [-0.2, 0) is 0 Å². The fourth-order valence-electron chi connectivity index (χ4n) is 3.45. The van der Waals surface area contributed by atoms with Gasteiger partial charge in [0.1, 0.15) is 0 Å². The van der Waals surface area contributed by atoms with Crippen molar-refractivity contribution in [2.24, 2.45) is 0 Å². The molecule has 3 rings (SSSR count). The van der Waals surface area contributed by atoms with Crippen LogP contribution in [-0.4, -0.2) is 51.1 Å². The van der Waals surface area contributed by atoms with Crippen molar-refractivity contribution in [2.45, 2.75) is 19.3 Å².